The van der Waals surface area contributed by atoms with E-state index in [0.717, 1.165) is 11.8 Å². The van der Waals surface area contributed by atoms with Crippen LogP contribution in [0.4, 0.5) is 23.7 Å². The number of hydrogen-bond acceptors (Lipinski definition) is 7. The molecule has 0 spiro atoms. The van der Waals surface area contributed by atoms with E-state index in [-0.39, 0.29) is 17.9 Å². The van der Waals surface area contributed by atoms with Crippen molar-refractivity contribution in [2.75, 3.05) is 4.90 Å². The molecule has 1 aromatic heterocycles. The Hall–Kier alpha value is -3.35. The van der Waals surface area contributed by atoms with Gasteiger partial charge in [0, 0.05) is 30.6 Å². The second-order valence-corrected chi connectivity index (χ2v) is 9.86. The van der Waals surface area contributed by atoms with Crippen molar-refractivity contribution in [3.05, 3.63) is 53.7 Å². The van der Waals surface area contributed by atoms with E-state index in [0.29, 0.717) is 12.8 Å². The monoisotopic (exact) mass is 529 g/mol. The molecule has 1 aliphatic heterocycles. The van der Waals surface area contributed by atoms with Gasteiger partial charge in [-0.25, -0.2) is 9.78 Å². The number of alkyl halides is 3. The van der Waals surface area contributed by atoms with E-state index in [4.69, 9.17) is 4.74 Å². The van der Waals surface area contributed by atoms with Crippen LogP contribution in [0.15, 0.2) is 42.6 Å². The van der Waals surface area contributed by atoms with E-state index in [2.05, 4.69) is 14.5 Å². The van der Waals surface area contributed by atoms with Crippen molar-refractivity contribution in [3.8, 4) is 5.88 Å². The number of anilines is 1. The molecule has 9 nitrogen and oxygen atoms in total. The molecule has 13 heteroatoms. The number of nitrogens with one attached hydrogen (secondary N) is 1. The average Bonchev–Trinajstić information content (AvgIpc) is 2.80. The molecule has 0 fully saturated rings. The Balaban J connectivity index is 2.02. The van der Waals surface area contributed by atoms with Crippen LogP contribution in [0, 0.1) is 5.92 Å². The molecule has 3 atom stereocenters. The van der Waals surface area contributed by atoms with Gasteiger partial charge in [-0.3, -0.25) is 4.79 Å². The highest BCUT2D eigenvalue weighted by molar-refractivity contribution is 7.88. The highest BCUT2D eigenvalue weighted by Crippen LogP contribution is 2.46. The lowest BCUT2D eigenvalue weighted by Crippen LogP contribution is -2.52. The number of amides is 2. The van der Waals surface area contributed by atoms with Crippen LogP contribution in [-0.2, 0) is 26.3 Å². The van der Waals surface area contributed by atoms with Gasteiger partial charge in [-0.1, -0.05) is 50.6 Å². The minimum absolute atomic E-state index is 0.0207. The third kappa shape index (κ3) is 5.72. The van der Waals surface area contributed by atoms with Crippen molar-refractivity contribution in [3.63, 3.8) is 0 Å². The smallest absolute Gasteiger partial charge is 0.445 e. The quantitative estimate of drug-likeness (QED) is 0.416. The number of fused-ring (bicyclic) bond motifs is 1. The van der Waals surface area contributed by atoms with Gasteiger partial charge in [-0.15, -0.1) is 0 Å². The molecule has 196 valence electrons. The second kappa shape index (κ2) is 10.7. The summed E-state index contributed by atoms with van der Waals surface area (Å²) in [6.07, 6.45) is 1.26. The number of carbonyl (C=O) groups excluding carboxylic acids is 2. The van der Waals surface area contributed by atoms with Gasteiger partial charge in [0.15, 0.2) is 0 Å². The molecule has 0 aliphatic carbocycles. The Labute approximate surface area is 206 Å². The molecule has 2 aromatic rings. The number of halogens is 3. The minimum atomic E-state index is -6.07. The van der Waals surface area contributed by atoms with Crippen molar-refractivity contribution in [1.29, 1.82) is 0 Å². The molecule has 3 rings (SSSR count). The first-order chi connectivity index (χ1) is 16.9. The summed E-state index contributed by atoms with van der Waals surface area (Å²) in [4.78, 5) is 30.2. The zero-order valence-electron chi connectivity index (χ0n) is 19.8. The van der Waals surface area contributed by atoms with E-state index in [1.807, 2.05) is 13.0 Å². The number of carbonyl (C=O) groups is 2. The Morgan fingerprint density at radius 2 is 1.83 bits per heavy atom. The van der Waals surface area contributed by atoms with Gasteiger partial charge in [0.05, 0.1) is 6.04 Å². The van der Waals surface area contributed by atoms with Crippen LogP contribution >= 0.6 is 0 Å². The summed E-state index contributed by atoms with van der Waals surface area (Å²) in [5.74, 6) is -1.87. The Morgan fingerprint density at radius 1 is 1.17 bits per heavy atom. The normalized spacial score (nSPS) is 19.8. The molecule has 0 saturated carbocycles. The van der Waals surface area contributed by atoms with Crippen LogP contribution in [0.2, 0.25) is 0 Å². The van der Waals surface area contributed by atoms with Crippen LogP contribution in [0.5, 0.6) is 5.88 Å². The molecule has 1 aromatic carbocycles. The first kappa shape index (κ1) is 27.2. The second-order valence-electron chi connectivity index (χ2n) is 8.33. The van der Waals surface area contributed by atoms with Gasteiger partial charge in [-0.2, -0.15) is 21.6 Å². The van der Waals surface area contributed by atoms with E-state index >= 15 is 0 Å². The fourth-order valence-corrected chi connectivity index (χ4v) is 4.66. The number of rotatable bonds is 7. The molecule has 1 N–H and O–H groups in total. The molecule has 0 bridgehead atoms. The summed E-state index contributed by atoms with van der Waals surface area (Å²) in [5, 5.41) is 2.71. The van der Waals surface area contributed by atoms with E-state index in [9.17, 15) is 31.2 Å². The number of nitrogens with zero attached hydrogens (tertiary/aromatic N) is 2. The molecule has 36 heavy (non-hydrogen) atoms. The minimum Gasteiger partial charge on any atom is -0.445 e. The molecular weight excluding hydrogens is 503 g/mol. The number of ether oxygens (including phenoxy) is 1. The van der Waals surface area contributed by atoms with E-state index in [1.165, 1.54) is 17.9 Å². The lowest BCUT2D eigenvalue weighted by atomic mass is 9.80. The molecular formula is C23H26F3N3O6S. The molecule has 0 saturated heterocycles. The lowest BCUT2D eigenvalue weighted by molar-refractivity contribution is -0.117. The fourth-order valence-electron chi connectivity index (χ4n) is 4.24. The molecule has 2 amide bonds. The maximum atomic E-state index is 13.0. The summed E-state index contributed by atoms with van der Waals surface area (Å²) < 4.78 is 72.3. The van der Waals surface area contributed by atoms with Crippen molar-refractivity contribution < 1.29 is 40.1 Å². The molecule has 0 radical (unpaired) electrons. The first-order valence-corrected chi connectivity index (χ1v) is 12.5. The van der Waals surface area contributed by atoms with Crippen molar-refractivity contribution >= 4 is 27.8 Å². The summed E-state index contributed by atoms with van der Waals surface area (Å²) in [5.41, 5.74) is -5.04. The Kier molecular flexibility index (Phi) is 8.12. The predicted octanol–water partition coefficient (Wildman–Crippen LogP) is 4.45. The molecule has 2 heterocycles. The summed E-state index contributed by atoms with van der Waals surface area (Å²) in [6, 6.07) is 8.87. The van der Waals surface area contributed by atoms with Crippen LogP contribution in [-0.4, -0.2) is 37.0 Å². The molecule has 0 unspecified atom stereocenters. The summed E-state index contributed by atoms with van der Waals surface area (Å²) in [7, 11) is -6.07. The SMILES string of the molecule is CCC[C@H]1[C@H](C)[C@@H](NC(=O)OCc2ccccc2)c2ccnc(OS(=O)(=O)C(F)(F)F)c2N1C(C)=O. The zero-order chi connectivity index (χ0) is 26.7. The number of aromatic nitrogens is 1. The summed E-state index contributed by atoms with van der Waals surface area (Å²) in [6.45, 7) is 4.81. The highest BCUT2D eigenvalue weighted by atomic mass is 32.2. The van der Waals surface area contributed by atoms with Crippen molar-refractivity contribution in [2.24, 2.45) is 5.92 Å². The van der Waals surface area contributed by atoms with Crippen LogP contribution in [0.25, 0.3) is 0 Å². The number of pyridine rings is 1. The topological polar surface area (TPSA) is 115 Å². The lowest BCUT2D eigenvalue weighted by Gasteiger charge is -2.45. The largest absolute Gasteiger partial charge is 0.534 e. The third-order valence-electron chi connectivity index (χ3n) is 5.84. The van der Waals surface area contributed by atoms with Gasteiger partial charge in [0.2, 0.25) is 5.91 Å². The fraction of sp³-hybridized carbons (Fsp3) is 0.435. The number of benzene rings is 1. The standard InChI is InChI=1S/C23H26F3N3O6S/c1-4-8-18-14(2)19(28-22(31)34-13-16-9-6-5-7-10-16)17-11-12-27-21(20(17)29(18)15(3)30)35-36(32,33)23(24,25)26/h5-7,9-12,14,18-19H,4,8,13H2,1-3H3,(H,28,31)/t14-,18-,19+/m0/s1. The summed E-state index contributed by atoms with van der Waals surface area (Å²) >= 11 is 0. The van der Waals surface area contributed by atoms with Crippen molar-refractivity contribution in [1.82, 2.24) is 10.3 Å². The van der Waals surface area contributed by atoms with Gasteiger partial charge in [0.25, 0.3) is 5.88 Å². The van der Waals surface area contributed by atoms with Gasteiger partial charge >= 0.3 is 21.7 Å². The van der Waals surface area contributed by atoms with Gasteiger partial charge in [-0.05, 0) is 18.1 Å². The first-order valence-electron chi connectivity index (χ1n) is 11.1. The van der Waals surface area contributed by atoms with Crippen LogP contribution in [0.1, 0.15) is 50.8 Å². The Morgan fingerprint density at radius 3 is 2.42 bits per heavy atom. The average molecular weight is 530 g/mol. The number of alkyl carbamates (subject to hydrolysis) is 1. The predicted molar refractivity (Wildman–Crippen MR) is 123 cm³/mol. The Bertz CT molecular complexity index is 1210. The molecule has 1 aliphatic rings. The van der Waals surface area contributed by atoms with Crippen LogP contribution < -0.4 is 14.4 Å². The van der Waals surface area contributed by atoms with Gasteiger partial charge in [0.1, 0.15) is 12.3 Å². The third-order valence-corrected chi connectivity index (χ3v) is 6.79. The van der Waals surface area contributed by atoms with E-state index in [1.54, 1.807) is 31.2 Å². The van der Waals surface area contributed by atoms with Crippen molar-refractivity contribution in [2.45, 2.75) is 57.8 Å². The number of hydrogen-bond donors (Lipinski definition) is 1. The highest BCUT2D eigenvalue weighted by Gasteiger charge is 2.50. The maximum absolute atomic E-state index is 13.0. The van der Waals surface area contributed by atoms with Crippen LogP contribution in [0.3, 0.4) is 0 Å². The zero-order valence-corrected chi connectivity index (χ0v) is 20.6. The maximum Gasteiger partial charge on any atom is 0.534 e. The van der Waals surface area contributed by atoms with E-state index < -0.39 is 51.5 Å². The van der Waals surface area contributed by atoms with Gasteiger partial charge < -0.3 is 19.1 Å².